The molecule has 0 spiro atoms. The van der Waals surface area contributed by atoms with Gasteiger partial charge in [0.05, 0.1) is 11.0 Å². The lowest BCUT2D eigenvalue weighted by atomic mass is 9.85. The zero-order valence-corrected chi connectivity index (χ0v) is 15.7. The van der Waals surface area contributed by atoms with Crippen LogP contribution in [0.4, 0.5) is 5.95 Å². The summed E-state index contributed by atoms with van der Waals surface area (Å²) < 4.78 is 0. The van der Waals surface area contributed by atoms with Gasteiger partial charge in [0.2, 0.25) is 11.9 Å². The molecule has 1 aliphatic carbocycles. The second kappa shape index (κ2) is 7.82. The molecule has 0 unspecified atom stereocenters. The van der Waals surface area contributed by atoms with Crippen LogP contribution in [0.25, 0.3) is 11.0 Å². The first-order valence-electron chi connectivity index (χ1n) is 9.72. The molecule has 27 heavy (non-hydrogen) atoms. The van der Waals surface area contributed by atoms with Gasteiger partial charge >= 0.3 is 0 Å². The number of benzene rings is 2. The van der Waals surface area contributed by atoms with Crippen LogP contribution in [0, 0.1) is 12.8 Å². The molecule has 140 valence electrons. The lowest BCUT2D eigenvalue weighted by Gasteiger charge is -2.28. The van der Waals surface area contributed by atoms with Gasteiger partial charge in [0.25, 0.3) is 0 Å². The number of nitrogens with zero attached hydrogens (tertiary/aromatic N) is 1. The van der Waals surface area contributed by atoms with E-state index in [1.165, 1.54) is 5.56 Å². The summed E-state index contributed by atoms with van der Waals surface area (Å²) in [6.07, 6.45) is 3.80. The van der Waals surface area contributed by atoms with E-state index < -0.39 is 0 Å². The van der Waals surface area contributed by atoms with Crippen molar-refractivity contribution in [3.63, 3.8) is 0 Å². The van der Waals surface area contributed by atoms with Gasteiger partial charge in [-0.05, 0) is 50.3 Å². The summed E-state index contributed by atoms with van der Waals surface area (Å²) in [5, 5.41) is 6.60. The largest absolute Gasteiger partial charge is 0.353 e. The highest BCUT2D eigenvalue weighted by Crippen LogP contribution is 2.27. The average molecular weight is 362 g/mol. The number of carbonyl (C=O) groups is 1. The maximum absolute atomic E-state index is 12.5. The maximum Gasteiger partial charge on any atom is 0.223 e. The van der Waals surface area contributed by atoms with Crippen molar-refractivity contribution in [3.05, 3.63) is 59.7 Å². The summed E-state index contributed by atoms with van der Waals surface area (Å²) in [6, 6.07) is 16.7. The Hall–Kier alpha value is -2.82. The van der Waals surface area contributed by atoms with Crippen molar-refractivity contribution in [2.45, 2.75) is 45.2 Å². The first-order valence-corrected chi connectivity index (χ1v) is 9.72. The third kappa shape index (κ3) is 4.30. The van der Waals surface area contributed by atoms with Gasteiger partial charge in [-0.15, -0.1) is 0 Å². The average Bonchev–Trinajstić information content (AvgIpc) is 3.09. The van der Waals surface area contributed by atoms with Crippen LogP contribution in [-0.2, 0) is 11.3 Å². The molecule has 1 aromatic heterocycles. The third-order valence-corrected chi connectivity index (χ3v) is 5.38. The molecule has 0 saturated heterocycles. The summed E-state index contributed by atoms with van der Waals surface area (Å²) in [6.45, 7) is 2.68. The van der Waals surface area contributed by atoms with Crippen molar-refractivity contribution in [1.29, 1.82) is 0 Å². The molecule has 0 radical (unpaired) electrons. The first-order chi connectivity index (χ1) is 13.2. The molecule has 1 fully saturated rings. The molecule has 1 amide bonds. The Morgan fingerprint density at radius 2 is 1.93 bits per heavy atom. The van der Waals surface area contributed by atoms with Crippen LogP contribution in [0.15, 0.2) is 48.5 Å². The summed E-state index contributed by atoms with van der Waals surface area (Å²) in [7, 11) is 0. The van der Waals surface area contributed by atoms with Gasteiger partial charge in [-0.1, -0.05) is 42.0 Å². The number of aryl methyl sites for hydroxylation is 1. The highest BCUT2D eigenvalue weighted by Gasteiger charge is 2.26. The highest BCUT2D eigenvalue weighted by molar-refractivity contribution is 5.79. The van der Waals surface area contributed by atoms with Gasteiger partial charge in [0.1, 0.15) is 0 Å². The van der Waals surface area contributed by atoms with Crippen molar-refractivity contribution < 1.29 is 4.79 Å². The summed E-state index contributed by atoms with van der Waals surface area (Å²) in [4.78, 5) is 20.4. The van der Waals surface area contributed by atoms with Crippen molar-refractivity contribution in [3.8, 4) is 0 Å². The Balaban J connectivity index is 1.26. The van der Waals surface area contributed by atoms with E-state index in [1.54, 1.807) is 0 Å². The van der Waals surface area contributed by atoms with Crippen LogP contribution < -0.4 is 10.6 Å². The molecular weight excluding hydrogens is 336 g/mol. The Bertz CT molecular complexity index is 892. The molecule has 3 aromatic rings. The van der Waals surface area contributed by atoms with Crippen molar-refractivity contribution >= 4 is 22.9 Å². The summed E-state index contributed by atoms with van der Waals surface area (Å²) >= 11 is 0. The predicted molar refractivity (Wildman–Crippen MR) is 108 cm³/mol. The number of amides is 1. The van der Waals surface area contributed by atoms with Crippen LogP contribution in [0.3, 0.4) is 0 Å². The Kier molecular flexibility index (Phi) is 5.10. The van der Waals surface area contributed by atoms with Crippen molar-refractivity contribution in [2.24, 2.45) is 5.92 Å². The molecule has 4 rings (SSSR count). The number of imidazole rings is 1. The lowest BCUT2D eigenvalue weighted by Crippen LogP contribution is -2.35. The fraction of sp³-hybridized carbons (Fsp3) is 0.364. The van der Waals surface area contributed by atoms with Gasteiger partial charge in [0.15, 0.2) is 0 Å². The van der Waals surface area contributed by atoms with Crippen molar-refractivity contribution in [1.82, 2.24) is 15.3 Å². The zero-order valence-electron chi connectivity index (χ0n) is 15.7. The minimum absolute atomic E-state index is 0.114. The van der Waals surface area contributed by atoms with Crippen molar-refractivity contribution in [2.75, 3.05) is 5.32 Å². The SMILES string of the molecule is Cc1cccc(CNC(=O)C2CCC(Nc3nc4ccccc4[nH]3)CC2)c1. The Labute approximate surface area is 159 Å². The number of rotatable bonds is 5. The Morgan fingerprint density at radius 1 is 1.11 bits per heavy atom. The Morgan fingerprint density at radius 3 is 2.70 bits per heavy atom. The second-order valence-corrected chi connectivity index (χ2v) is 7.50. The van der Waals surface area contributed by atoms with Crippen LogP contribution >= 0.6 is 0 Å². The topological polar surface area (TPSA) is 69.8 Å². The monoisotopic (exact) mass is 362 g/mol. The van der Waals surface area contributed by atoms with E-state index in [0.717, 1.165) is 48.2 Å². The van der Waals surface area contributed by atoms with E-state index in [9.17, 15) is 4.79 Å². The molecule has 1 aliphatic rings. The third-order valence-electron chi connectivity index (χ3n) is 5.38. The van der Waals surface area contributed by atoms with Gasteiger partial charge in [-0.2, -0.15) is 0 Å². The zero-order chi connectivity index (χ0) is 18.6. The van der Waals surface area contributed by atoms with Crippen LogP contribution in [0.1, 0.15) is 36.8 Å². The molecule has 0 aliphatic heterocycles. The van der Waals surface area contributed by atoms with E-state index in [1.807, 2.05) is 30.3 Å². The number of nitrogens with one attached hydrogen (secondary N) is 3. The highest BCUT2D eigenvalue weighted by atomic mass is 16.1. The minimum atomic E-state index is 0.114. The van der Waals surface area contributed by atoms with Gasteiger partial charge in [0, 0.05) is 18.5 Å². The molecule has 0 bridgehead atoms. The van der Waals surface area contributed by atoms with Gasteiger partial charge in [-0.3, -0.25) is 4.79 Å². The number of hydrogen-bond acceptors (Lipinski definition) is 3. The number of aromatic amines is 1. The molecule has 3 N–H and O–H groups in total. The number of fused-ring (bicyclic) bond motifs is 1. The molecule has 5 nitrogen and oxygen atoms in total. The number of carbonyl (C=O) groups excluding carboxylic acids is 1. The lowest BCUT2D eigenvalue weighted by molar-refractivity contribution is -0.126. The van der Waals surface area contributed by atoms with Crippen LogP contribution in [-0.4, -0.2) is 21.9 Å². The number of H-pyrrole nitrogens is 1. The number of para-hydroxylation sites is 2. The van der Waals surface area contributed by atoms with Gasteiger partial charge < -0.3 is 15.6 Å². The van der Waals surface area contributed by atoms with E-state index in [2.05, 4.69) is 45.7 Å². The molecule has 1 saturated carbocycles. The minimum Gasteiger partial charge on any atom is -0.353 e. The molecule has 2 aromatic carbocycles. The molecular formula is C22H26N4O. The van der Waals surface area contributed by atoms with E-state index in [4.69, 9.17) is 0 Å². The van der Waals surface area contributed by atoms with E-state index in [0.29, 0.717) is 12.6 Å². The van der Waals surface area contributed by atoms with Crippen LogP contribution in [0.2, 0.25) is 0 Å². The smallest absolute Gasteiger partial charge is 0.223 e. The molecule has 0 atom stereocenters. The van der Waals surface area contributed by atoms with Gasteiger partial charge in [-0.25, -0.2) is 4.98 Å². The quantitative estimate of drug-likeness (QED) is 0.638. The fourth-order valence-electron chi connectivity index (χ4n) is 3.87. The normalized spacial score (nSPS) is 19.7. The summed E-state index contributed by atoms with van der Waals surface area (Å²) in [5.41, 5.74) is 4.40. The fourth-order valence-corrected chi connectivity index (χ4v) is 3.87. The molecule has 5 heteroatoms. The number of aromatic nitrogens is 2. The predicted octanol–water partition coefficient (Wildman–Crippen LogP) is 4.16. The van der Waals surface area contributed by atoms with E-state index in [-0.39, 0.29) is 11.8 Å². The molecule has 1 heterocycles. The summed E-state index contributed by atoms with van der Waals surface area (Å²) in [5.74, 6) is 1.12. The maximum atomic E-state index is 12.5. The second-order valence-electron chi connectivity index (χ2n) is 7.50. The van der Waals surface area contributed by atoms with Crippen LogP contribution in [0.5, 0.6) is 0 Å². The van der Waals surface area contributed by atoms with E-state index >= 15 is 0 Å². The first kappa shape index (κ1) is 17.6. The number of anilines is 1. The standard InChI is InChI=1S/C22H26N4O/c1-15-5-4-6-16(13-15)14-23-21(27)17-9-11-18(12-10-17)24-22-25-19-7-2-3-8-20(19)26-22/h2-8,13,17-18H,9-12,14H2,1H3,(H,23,27)(H2,24,25,26). The number of hydrogen-bond donors (Lipinski definition) is 3.